The summed E-state index contributed by atoms with van der Waals surface area (Å²) >= 11 is 0. The second-order valence-electron chi connectivity index (χ2n) is 8.78. The molecule has 1 aromatic heterocycles. The lowest BCUT2D eigenvalue weighted by Crippen LogP contribution is -2.45. The second kappa shape index (κ2) is 8.14. The number of aryl methyl sites for hydroxylation is 1. The van der Waals surface area contributed by atoms with Gasteiger partial charge in [-0.25, -0.2) is 0 Å². The highest BCUT2D eigenvalue weighted by Gasteiger charge is 2.39. The van der Waals surface area contributed by atoms with Crippen LogP contribution in [0, 0.1) is 5.41 Å². The van der Waals surface area contributed by atoms with E-state index in [-0.39, 0.29) is 17.4 Å². The number of carbonyl (C=O) groups excluding carboxylic acids is 1. The molecule has 1 amide bonds. The zero-order valence-corrected chi connectivity index (χ0v) is 17.6. The minimum atomic E-state index is -0.118. The Morgan fingerprint density at radius 1 is 1.17 bits per heavy atom. The summed E-state index contributed by atoms with van der Waals surface area (Å²) in [7, 11) is 1.70. The summed E-state index contributed by atoms with van der Waals surface area (Å²) in [4.78, 5) is 15.0. The SMILES string of the molecule is COc1ccc(CN2CCC3(CCc4nnc(C(=O)NC(C)C)n4C3)CC2)cc1. The Kier molecular flexibility index (Phi) is 5.58. The third-order valence-corrected chi connectivity index (χ3v) is 6.30. The number of carbonyl (C=O) groups is 1. The third kappa shape index (κ3) is 4.29. The van der Waals surface area contributed by atoms with Crippen molar-refractivity contribution in [1.82, 2.24) is 25.0 Å². The maximum absolute atomic E-state index is 12.5. The highest BCUT2D eigenvalue weighted by molar-refractivity contribution is 5.90. The number of ether oxygens (including phenoxy) is 1. The molecule has 4 rings (SSSR count). The molecular weight excluding hydrogens is 366 g/mol. The summed E-state index contributed by atoms with van der Waals surface area (Å²) in [6.45, 7) is 7.91. The minimum absolute atomic E-state index is 0.0918. The molecule has 0 unspecified atom stereocenters. The predicted molar refractivity (Wildman–Crippen MR) is 111 cm³/mol. The van der Waals surface area contributed by atoms with E-state index < -0.39 is 0 Å². The lowest BCUT2D eigenvalue weighted by atomic mass is 9.73. The largest absolute Gasteiger partial charge is 0.497 e. The van der Waals surface area contributed by atoms with Gasteiger partial charge < -0.3 is 14.6 Å². The van der Waals surface area contributed by atoms with Gasteiger partial charge in [-0.1, -0.05) is 12.1 Å². The van der Waals surface area contributed by atoms with E-state index in [2.05, 4.69) is 37.1 Å². The molecule has 1 spiro atoms. The van der Waals surface area contributed by atoms with Crippen molar-refractivity contribution >= 4 is 5.91 Å². The van der Waals surface area contributed by atoms with Crippen molar-refractivity contribution in [2.75, 3.05) is 20.2 Å². The molecular formula is C22H31N5O2. The van der Waals surface area contributed by atoms with Crippen LogP contribution >= 0.6 is 0 Å². The van der Waals surface area contributed by atoms with Crippen LogP contribution in [-0.4, -0.2) is 51.8 Å². The van der Waals surface area contributed by atoms with Crippen LogP contribution in [0.15, 0.2) is 24.3 Å². The van der Waals surface area contributed by atoms with E-state index in [1.165, 1.54) is 5.56 Å². The first-order valence-electron chi connectivity index (χ1n) is 10.6. The molecule has 29 heavy (non-hydrogen) atoms. The fourth-order valence-electron chi connectivity index (χ4n) is 4.56. The van der Waals surface area contributed by atoms with Gasteiger partial charge in [0.2, 0.25) is 5.82 Å². The van der Waals surface area contributed by atoms with Crippen molar-refractivity contribution in [3.63, 3.8) is 0 Å². The first-order valence-corrected chi connectivity index (χ1v) is 10.6. The Labute approximate surface area is 172 Å². The van der Waals surface area contributed by atoms with Gasteiger partial charge in [0.05, 0.1) is 7.11 Å². The molecule has 0 bridgehead atoms. The fourth-order valence-corrected chi connectivity index (χ4v) is 4.56. The molecule has 156 valence electrons. The van der Waals surface area contributed by atoms with Gasteiger partial charge in [-0.05, 0) is 69.3 Å². The topological polar surface area (TPSA) is 72.3 Å². The van der Waals surface area contributed by atoms with Gasteiger partial charge in [0.15, 0.2) is 0 Å². The number of hydrogen-bond donors (Lipinski definition) is 1. The Bertz CT molecular complexity index is 851. The molecule has 2 aliphatic rings. The van der Waals surface area contributed by atoms with Gasteiger partial charge in [-0.2, -0.15) is 0 Å². The van der Waals surface area contributed by atoms with Crippen molar-refractivity contribution < 1.29 is 9.53 Å². The van der Waals surface area contributed by atoms with Crippen molar-refractivity contribution in [3.8, 4) is 5.75 Å². The number of benzene rings is 1. The second-order valence-corrected chi connectivity index (χ2v) is 8.78. The van der Waals surface area contributed by atoms with Crippen LogP contribution in [0.2, 0.25) is 0 Å². The summed E-state index contributed by atoms with van der Waals surface area (Å²) in [6.07, 6.45) is 4.33. The normalized spacial score (nSPS) is 18.6. The zero-order chi connectivity index (χ0) is 20.4. The Morgan fingerprint density at radius 2 is 1.90 bits per heavy atom. The molecule has 7 heteroatoms. The summed E-state index contributed by atoms with van der Waals surface area (Å²) in [5.74, 6) is 2.20. The molecule has 0 saturated carbocycles. The predicted octanol–water partition coefficient (Wildman–Crippen LogP) is 2.65. The molecule has 2 aromatic rings. The summed E-state index contributed by atoms with van der Waals surface area (Å²) in [6, 6.07) is 8.44. The number of fused-ring (bicyclic) bond motifs is 1. The van der Waals surface area contributed by atoms with Crippen LogP contribution in [0.25, 0.3) is 0 Å². The maximum Gasteiger partial charge on any atom is 0.289 e. The lowest BCUT2D eigenvalue weighted by Gasteiger charge is -2.44. The van der Waals surface area contributed by atoms with Crippen LogP contribution in [0.5, 0.6) is 5.75 Å². The van der Waals surface area contributed by atoms with Crippen LogP contribution in [-0.2, 0) is 19.5 Å². The number of amides is 1. The summed E-state index contributed by atoms with van der Waals surface area (Å²) in [5, 5.41) is 11.4. The molecule has 7 nitrogen and oxygen atoms in total. The first-order chi connectivity index (χ1) is 14.0. The molecule has 1 saturated heterocycles. The highest BCUT2D eigenvalue weighted by atomic mass is 16.5. The van der Waals surface area contributed by atoms with Crippen LogP contribution < -0.4 is 10.1 Å². The summed E-state index contributed by atoms with van der Waals surface area (Å²) < 4.78 is 7.32. The van der Waals surface area contributed by atoms with Crippen molar-refractivity contribution in [3.05, 3.63) is 41.5 Å². The highest BCUT2D eigenvalue weighted by Crippen LogP contribution is 2.41. The standard InChI is InChI=1S/C22H31N5O2/c1-16(2)23-21(28)20-25-24-19-8-9-22(15-27(19)20)10-12-26(13-11-22)14-17-4-6-18(29-3)7-5-17/h4-7,16H,8-15H2,1-3H3,(H,23,28). The van der Waals surface area contributed by atoms with Gasteiger partial charge >= 0.3 is 0 Å². The van der Waals surface area contributed by atoms with E-state index in [1.807, 2.05) is 26.0 Å². The average Bonchev–Trinajstić information content (AvgIpc) is 3.13. The number of rotatable bonds is 5. The van der Waals surface area contributed by atoms with Gasteiger partial charge in [-0.15, -0.1) is 10.2 Å². The minimum Gasteiger partial charge on any atom is -0.497 e. The van der Waals surface area contributed by atoms with E-state index >= 15 is 0 Å². The molecule has 0 radical (unpaired) electrons. The third-order valence-electron chi connectivity index (χ3n) is 6.30. The number of nitrogens with one attached hydrogen (secondary N) is 1. The molecule has 1 fully saturated rings. The van der Waals surface area contributed by atoms with Gasteiger partial charge in [0, 0.05) is 25.6 Å². The van der Waals surface area contributed by atoms with Crippen LogP contribution in [0.1, 0.15) is 55.1 Å². The van der Waals surface area contributed by atoms with E-state index in [4.69, 9.17) is 4.74 Å². The number of methoxy groups -OCH3 is 1. The molecule has 0 atom stereocenters. The van der Waals surface area contributed by atoms with Gasteiger partial charge in [0.1, 0.15) is 11.6 Å². The molecule has 1 aromatic carbocycles. The molecule has 3 heterocycles. The van der Waals surface area contributed by atoms with Gasteiger partial charge in [0.25, 0.3) is 5.91 Å². The van der Waals surface area contributed by atoms with Gasteiger partial charge in [-0.3, -0.25) is 9.69 Å². The first kappa shape index (κ1) is 19.9. The number of piperidine rings is 1. The average molecular weight is 398 g/mol. The van der Waals surface area contributed by atoms with Crippen LogP contribution in [0.4, 0.5) is 0 Å². The van der Waals surface area contributed by atoms with E-state index in [0.717, 1.165) is 63.4 Å². The smallest absolute Gasteiger partial charge is 0.289 e. The lowest BCUT2D eigenvalue weighted by molar-refractivity contribution is 0.0617. The fraction of sp³-hybridized carbons (Fsp3) is 0.591. The zero-order valence-electron chi connectivity index (χ0n) is 17.6. The van der Waals surface area contributed by atoms with Crippen molar-refractivity contribution in [2.45, 2.75) is 58.7 Å². The van der Waals surface area contributed by atoms with Crippen LogP contribution in [0.3, 0.4) is 0 Å². The monoisotopic (exact) mass is 397 g/mol. The van der Waals surface area contributed by atoms with Crippen molar-refractivity contribution in [2.24, 2.45) is 5.41 Å². The Balaban J connectivity index is 1.39. The Hall–Kier alpha value is -2.41. The number of likely N-dealkylation sites (tertiary alicyclic amines) is 1. The van der Waals surface area contributed by atoms with E-state index in [1.54, 1.807) is 7.11 Å². The van der Waals surface area contributed by atoms with E-state index in [9.17, 15) is 4.79 Å². The number of nitrogens with zero attached hydrogens (tertiary/aromatic N) is 4. The van der Waals surface area contributed by atoms with Crippen molar-refractivity contribution in [1.29, 1.82) is 0 Å². The quantitative estimate of drug-likeness (QED) is 0.840. The number of aromatic nitrogens is 3. The molecule has 0 aliphatic carbocycles. The van der Waals surface area contributed by atoms with E-state index in [0.29, 0.717) is 5.82 Å². The molecule has 1 N–H and O–H groups in total. The maximum atomic E-state index is 12.5. The summed E-state index contributed by atoms with van der Waals surface area (Å²) in [5.41, 5.74) is 1.57. The number of hydrogen-bond acceptors (Lipinski definition) is 5. The molecule has 2 aliphatic heterocycles. The Morgan fingerprint density at radius 3 is 2.55 bits per heavy atom.